The van der Waals surface area contributed by atoms with Gasteiger partial charge in [0, 0.05) is 12.6 Å². The summed E-state index contributed by atoms with van der Waals surface area (Å²) in [5, 5.41) is 13.4. The molecule has 0 heterocycles. The second kappa shape index (κ2) is 8.40. The highest BCUT2D eigenvalue weighted by Crippen LogP contribution is 2.23. The van der Waals surface area contributed by atoms with Gasteiger partial charge in [0.1, 0.15) is 0 Å². The molecule has 0 saturated heterocycles. The fourth-order valence-electron chi connectivity index (χ4n) is 2.85. The zero-order chi connectivity index (χ0) is 14.2. The quantitative estimate of drug-likeness (QED) is 0.805. The molecule has 3 atom stereocenters. The molecule has 1 saturated carbocycles. The molecule has 20 heavy (non-hydrogen) atoms. The summed E-state index contributed by atoms with van der Waals surface area (Å²) in [5.74, 6) is 0.723. The highest BCUT2D eigenvalue weighted by atomic mass is 16.5. The van der Waals surface area contributed by atoms with Crippen LogP contribution in [0.2, 0.25) is 0 Å². The van der Waals surface area contributed by atoms with Gasteiger partial charge in [0.25, 0.3) is 0 Å². The maximum Gasteiger partial charge on any atom is 0.0897 e. The van der Waals surface area contributed by atoms with E-state index in [0.717, 1.165) is 11.5 Å². The van der Waals surface area contributed by atoms with Gasteiger partial charge in [-0.25, -0.2) is 0 Å². The van der Waals surface area contributed by atoms with Crippen molar-refractivity contribution in [2.75, 3.05) is 13.2 Å². The minimum Gasteiger partial charge on any atom is -0.389 e. The number of nitrogens with one attached hydrogen (secondary N) is 1. The zero-order valence-electron chi connectivity index (χ0n) is 12.4. The molecule has 3 nitrogen and oxygen atoms in total. The van der Waals surface area contributed by atoms with Crippen molar-refractivity contribution in [3.8, 4) is 0 Å². The monoisotopic (exact) mass is 277 g/mol. The number of ether oxygens (including phenoxy) is 1. The van der Waals surface area contributed by atoms with Crippen LogP contribution >= 0.6 is 0 Å². The first-order chi connectivity index (χ1) is 9.75. The lowest BCUT2D eigenvalue weighted by Crippen LogP contribution is -2.42. The van der Waals surface area contributed by atoms with Crippen molar-refractivity contribution in [1.29, 1.82) is 0 Å². The molecular formula is C17H27NO2. The molecule has 0 aromatic heterocycles. The van der Waals surface area contributed by atoms with E-state index < -0.39 is 6.10 Å². The fraction of sp³-hybridized carbons (Fsp3) is 0.647. The van der Waals surface area contributed by atoms with E-state index in [4.69, 9.17) is 4.74 Å². The third-order valence-corrected chi connectivity index (χ3v) is 4.15. The Bertz CT molecular complexity index is 369. The molecule has 0 amide bonds. The molecular weight excluding hydrogens is 250 g/mol. The molecule has 0 spiro atoms. The van der Waals surface area contributed by atoms with Crippen LogP contribution in [-0.4, -0.2) is 30.4 Å². The Hall–Kier alpha value is -0.900. The van der Waals surface area contributed by atoms with Crippen molar-refractivity contribution in [3.05, 3.63) is 35.9 Å². The lowest BCUT2D eigenvalue weighted by Gasteiger charge is -2.30. The summed E-state index contributed by atoms with van der Waals surface area (Å²) >= 11 is 0. The molecule has 112 valence electrons. The molecule has 3 heteroatoms. The predicted molar refractivity (Wildman–Crippen MR) is 81.5 cm³/mol. The topological polar surface area (TPSA) is 41.5 Å². The molecule has 3 unspecified atom stereocenters. The van der Waals surface area contributed by atoms with Crippen LogP contribution in [-0.2, 0) is 11.3 Å². The highest BCUT2D eigenvalue weighted by molar-refractivity contribution is 5.13. The van der Waals surface area contributed by atoms with Crippen molar-refractivity contribution < 1.29 is 9.84 Å². The number of aliphatic hydroxyl groups is 1. The van der Waals surface area contributed by atoms with E-state index in [0.29, 0.717) is 25.8 Å². The molecule has 2 N–H and O–H groups in total. The van der Waals surface area contributed by atoms with E-state index in [1.807, 2.05) is 30.3 Å². The summed E-state index contributed by atoms with van der Waals surface area (Å²) in [7, 11) is 0. The third-order valence-electron chi connectivity index (χ3n) is 4.15. The van der Waals surface area contributed by atoms with Crippen molar-refractivity contribution in [1.82, 2.24) is 5.32 Å². The van der Waals surface area contributed by atoms with E-state index in [1.54, 1.807) is 0 Å². The molecule has 1 aromatic carbocycles. The van der Waals surface area contributed by atoms with Crippen LogP contribution in [0, 0.1) is 5.92 Å². The Morgan fingerprint density at radius 3 is 2.75 bits per heavy atom. The first-order valence-electron chi connectivity index (χ1n) is 7.79. The van der Waals surface area contributed by atoms with E-state index in [1.165, 1.54) is 25.7 Å². The summed E-state index contributed by atoms with van der Waals surface area (Å²) in [6, 6.07) is 10.6. The van der Waals surface area contributed by atoms with Crippen LogP contribution in [0.3, 0.4) is 0 Å². The van der Waals surface area contributed by atoms with Crippen LogP contribution in [0.1, 0.15) is 38.2 Å². The molecule has 1 aliphatic rings. The first-order valence-corrected chi connectivity index (χ1v) is 7.79. The van der Waals surface area contributed by atoms with E-state index in [9.17, 15) is 5.11 Å². The predicted octanol–water partition coefficient (Wildman–Crippen LogP) is 2.73. The summed E-state index contributed by atoms with van der Waals surface area (Å²) in [6.45, 7) is 3.89. The van der Waals surface area contributed by atoms with Crippen LogP contribution in [0.25, 0.3) is 0 Å². The van der Waals surface area contributed by atoms with Gasteiger partial charge in [0.15, 0.2) is 0 Å². The van der Waals surface area contributed by atoms with E-state index in [-0.39, 0.29) is 0 Å². The second-order valence-corrected chi connectivity index (χ2v) is 5.93. The maximum atomic E-state index is 9.96. The lowest BCUT2D eigenvalue weighted by molar-refractivity contribution is 0.0260. The van der Waals surface area contributed by atoms with Crippen LogP contribution in [0.15, 0.2) is 30.3 Å². The minimum absolute atomic E-state index is 0.392. The summed E-state index contributed by atoms with van der Waals surface area (Å²) < 4.78 is 5.56. The normalized spacial score (nSPS) is 24.5. The average Bonchev–Trinajstić information content (AvgIpc) is 2.47. The number of benzene rings is 1. The van der Waals surface area contributed by atoms with Gasteiger partial charge >= 0.3 is 0 Å². The smallest absolute Gasteiger partial charge is 0.0897 e. The number of hydrogen-bond donors (Lipinski definition) is 2. The molecule has 2 rings (SSSR count). The van der Waals surface area contributed by atoms with Crippen LogP contribution < -0.4 is 5.32 Å². The number of hydrogen-bond acceptors (Lipinski definition) is 3. The Balaban J connectivity index is 1.59. The zero-order valence-corrected chi connectivity index (χ0v) is 12.4. The van der Waals surface area contributed by atoms with Gasteiger partial charge in [-0.05, 0) is 24.3 Å². The number of rotatable bonds is 7. The summed E-state index contributed by atoms with van der Waals surface area (Å²) in [5.41, 5.74) is 1.15. The second-order valence-electron chi connectivity index (χ2n) is 5.93. The molecule has 1 aliphatic carbocycles. The van der Waals surface area contributed by atoms with E-state index in [2.05, 4.69) is 12.2 Å². The Morgan fingerprint density at radius 1 is 1.25 bits per heavy atom. The van der Waals surface area contributed by atoms with E-state index >= 15 is 0 Å². The minimum atomic E-state index is -0.423. The SMILES string of the molecule is CC1CCCCC1NCC(O)COCc1ccccc1. The van der Waals surface area contributed by atoms with Crippen molar-refractivity contribution in [3.63, 3.8) is 0 Å². The fourth-order valence-corrected chi connectivity index (χ4v) is 2.85. The Morgan fingerprint density at radius 2 is 2.00 bits per heavy atom. The maximum absolute atomic E-state index is 9.96. The Kier molecular flexibility index (Phi) is 6.51. The standard InChI is InChI=1S/C17H27NO2/c1-14-7-5-6-10-17(14)18-11-16(19)13-20-12-15-8-3-2-4-9-15/h2-4,8-9,14,16-19H,5-7,10-13H2,1H3. The lowest BCUT2D eigenvalue weighted by atomic mass is 9.86. The number of aliphatic hydroxyl groups excluding tert-OH is 1. The Labute approximate surface area is 122 Å². The first kappa shape index (κ1) is 15.5. The highest BCUT2D eigenvalue weighted by Gasteiger charge is 2.21. The van der Waals surface area contributed by atoms with Crippen LogP contribution in [0.5, 0.6) is 0 Å². The largest absolute Gasteiger partial charge is 0.389 e. The van der Waals surface area contributed by atoms with Crippen molar-refractivity contribution in [2.45, 2.75) is 51.4 Å². The van der Waals surface area contributed by atoms with Crippen LogP contribution in [0.4, 0.5) is 0 Å². The summed E-state index contributed by atoms with van der Waals surface area (Å²) in [4.78, 5) is 0. The van der Waals surface area contributed by atoms with Gasteiger partial charge < -0.3 is 15.2 Å². The van der Waals surface area contributed by atoms with Gasteiger partial charge in [0.05, 0.1) is 19.3 Å². The van der Waals surface area contributed by atoms with Gasteiger partial charge in [-0.15, -0.1) is 0 Å². The molecule has 1 fully saturated rings. The van der Waals surface area contributed by atoms with Gasteiger partial charge in [-0.3, -0.25) is 0 Å². The van der Waals surface area contributed by atoms with Gasteiger partial charge in [0.2, 0.25) is 0 Å². The molecule has 0 aliphatic heterocycles. The van der Waals surface area contributed by atoms with Gasteiger partial charge in [-0.2, -0.15) is 0 Å². The molecule has 1 aromatic rings. The van der Waals surface area contributed by atoms with Crippen molar-refractivity contribution in [2.24, 2.45) is 5.92 Å². The molecule has 0 radical (unpaired) electrons. The third kappa shape index (κ3) is 5.23. The van der Waals surface area contributed by atoms with Gasteiger partial charge in [-0.1, -0.05) is 50.1 Å². The van der Waals surface area contributed by atoms with Crippen molar-refractivity contribution >= 4 is 0 Å². The average molecular weight is 277 g/mol. The summed E-state index contributed by atoms with van der Waals surface area (Å²) in [6.07, 6.45) is 4.77. The molecule has 0 bridgehead atoms.